The molecule has 0 aliphatic heterocycles. The van der Waals surface area contributed by atoms with Crippen LogP contribution in [0.3, 0.4) is 0 Å². The van der Waals surface area contributed by atoms with Crippen molar-refractivity contribution in [3.63, 3.8) is 0 Å². The van der Waals surface area contributed by atoms with Crippen LogP contribution in [0.4, 0.5) is 0 Å². The molecule has 0 unspecified atom stereocenters. The average molecular weight is 571 g/mol. The summed E-state index contributed by atoms with van der Waals surface area (Å²) >= 11 is 0. The Morgan fingerprint density at radius 1 is 0.659 bits per heavy atom. The van der Waals surface area contributed by atoms with Gasteiger partial charge in [0.2, 0.25) is 0 Å². The Morgan fingerprint density at radius 2 is 1.12 bits per heavy atom. The van der Waals surface area contributed by atoms with Crippen LogP contribution in [0.15, 0.2) is 120 Å². The molecule has 7 heteroatoms. The van der Waals surface area contributed by atoms with Crippen LogP contribution in [0, 0.1) is 19.3 Å². The molecule has 0 heterocycles. The lowest BCUT2D eigenvalue weighted by Crippen LogP contribution is -2.44. The zero-order valence-corrected chi connectivity index (χ0v) is 23.8. The van der Waals surface area contributed by atoms with E-state index in [2.05, 4.69) is 5.92 Å². The lowest BCUT2D eigenvalue weighted by molar-refractivity contribution is -0.144. The third kappa shape index (κ3) is 9.39. The number of ether oxygens (including phenoxy) is 3. The number of benzene rings is 4. The number of terminal acetylenes is 1. The first-order valence-corrected chi connectivity index (χ1v) is 14.7. The molecule has 0 spiro atoms. The third-order valence-corrected chi connectivity index (χ3v) is 7.69. The first kappa shape index (κ1) is 30.2. The first-order chi connectivity index (χ1) is 19.9. The van der Waals surface area contributed by atoms with Crippen LogP contribution in [-0.2, 0) is 48.3 Å². The van der Waals surface area contributed by atoms with Gasteiger partial charge in [0.15, 0.2) is 0 Å². The minimum Gasteiger partial charge on any atom is -0.368 e. The molecule has 0 fully saturated rings. The van der Waals surface area contributed by atoms with Gasteiger partial charge < -0.3 is 14.2 Å². The third-order valence-electron chi connectivity index (χ3n) is 6.39. The van der Waals surface area contributed by atoms with Gasteiger partial charge in [-0.1, -0.05) is 115 Å². The predicted molar refractivity (Wildman–Crippen MR) is 158 cm³/mol. The van der Waals surface area contributed by atoms with Gasteiger partial charge in [-0.3, -0.25) is 4.18 Å². The van der Waals surface area contributed by atoms with Crippen molar-refractivity contribution < 1.29 is 26.8 Å². The molecule has 4 aromatic rings. The molecular weight excluding hydrogens is 536 g/mol. The average Bonchev–Trinajstić information content (AvgIpc) is 3.01. The van der Waals surface area contributed by atoms with Crippen LogP contribution in [0.1, 0.15) is 22.3 Å². The maximum Gasteiger partial charge on any atom is 0.297 e. The molecule has 3 atom stereocenters. The normalized spacial score (nSPS) is 13.7. The van der Waals surface area contributed by atoms with Gasteiger partial charge in [0.25, 0.3) is 10.1 Å². The fourth-order valence-electron chi connectivity index (χ4n) is 4.10. The van der Waals surface area contributed by atoms with Crippen LogP contribution in [-0.4, -0.2) is 33.3 Å². The lowest BCUT2D eigenvalue weighted by Gasteiger charge is -2.31. The van der Waals surface area contributed by atoms with Crippen molar-refractivity contribution in [1.82, 2.24) is 0 Å². The quantitative estimate of drug-likeness (QED) is 0.127. The Balaban J connectivity index is 1.59. The molecule has 0 aromatic heterocycles. The second-order valence-electron chi connectivity index (χ2n) is 9.53. The van der Waals surface area contributed by atoms with Gasteiger partial charge >= 0.3 is 0 Å². The van der Waals surface area contributed by atoms with Crippen LogP contribution in [0.25, 0.3) is 0 Å². The van der Waals surface area contributed by atoms with Crippen molar-refractivity contribution in [3.8, 4) is 12.3 Å². The van der Waals surface area contributed by atoms with Crippen LogP contribution in [0.2, 0.25) is 0 Å². The van der Waals surface area contributed by atoms with Crippen LogP contribution < -0.4 is 0 Å². The van der Waals surface area contributed by atoms with E-state index in [1.165, 1.54) is 12.1 Å². The van der Waals surface area contributed by atoms with E-state index in [-0.39, 0.29) is 31.3 Å². The summed E-state index contributed by atoms with van der Waals surface area (Å²) in [4.78, 5) is 0.0560. The monoisotopic (exact) mass is 570 g/mol. The zero-order chi connectivity index (χ0) is 28.9. The van der Waals surface area contributed by atoms with Crippen molar-refractivity contribution in [2.24, 2.45) is 0 Å². The van der Waals surface area contributed by atoms with E-state index in [1.807, 2.05) is 97.9 Å². The van der Waals surface area contributed by atoms with E-state index in [0.29, 0.717) is 0 Å². The summed E-state index contributed by atoms with van der Waals surface area (Å²) in [7, 11) is -4.07. The number of aryl methyl sites for hydroxylation is 1. The summed E-state index contributed by atoms with van der Waals surface area (Å²) in [5.41, 5.74) is 3.71. The molecule has 212 valence electrons. The van der Waals surface area contributed by atoms with Gasteiger partial charge in [0, 0.05) is 0 Å². The molecule has 4 aromatic carbocycles. The largest absolute Gasteiger partial charge is 0.368 e. The number of hydrogen-bond donors (Lipinski definition) is 0. The van der Waals surface area contributed by atoms with E-state index in [4.69, 9.17) is 24.8 Å². The number of hydrogen-bond acceptors (Lipinski definition) is 6. The minimum absolute atomic E-state index is 0.0560. The molecule has 0 bridgehead atoms. The predicted octanol–water partition coefficient (Wildman–Crippen LogP) is 6.09. The molecular formula is C34H34O6S. The Morgan fingerprint density at radius 3 is 1.61 bits per heavy atom. The van der Waals surface area contributed by atoms with E-state index in [0.717, 1.165) is 22.3 Å². The Kier molecular flexibility index (Phi) is 11.3. The van der Waals surface area contributed by atoms with E-state index < -0.39 is 28.4 Å². The summed E-state index contributed by atoms with van der Waals surface area (Å²) in [6.07, 6.45) is 3.39. The maximum absolute atomic E-state index is 13.1. The van der Waals surface area contributed by atoms with E-state index in [9.17, 15) is 8.42 Å². The highest BCUT2D eigenvalue weighted by Gasteiger charge is 2.33. The maximum atomic E-state index is 13.1. The van der Waals surface area contributed by atoms with Crippen molar-refractivity contribution in [3.05, 3.63) is 138 Å². The van der Waals surface area contributed by atoms with Crippen LogP contribution in [0.5, 0.6) is 0 Å². The Labute approximate surface area is 243 Å². The van der Waals surface area contributed by atoms with Gasteiger partial charge in [0.1, 0.15) is 18.3 Å². The second kappa shape index (κ2) is 15.3. The molecule has 0 aliphatic carbocycles. The fraction of sp³-hybridized carbons (Fsp3) is 0.235. The highest BCUT2D eigenvalue weighted by atomic mass is 32.2. The standard InChI is InChI=1S/C34H34O6S/c1-3-32(37-23-28-13-7-4-8-14-28)34(39-25-30-17-11-6-12-18-30)33(38-24-29-15-9-5-10-16-29)26-40-41(35,36)31-21-19-27(2)20-22-31/h1,4-22,32-34H,23-26H2,2H3/t32-,33+,34-/m0/s1. The van der Waals surface area contributed by atoms with Gasteiger partial charge in [-0.15, -0.1) is 6.42 Å². The summed E-state index contributed by atoms with van der Waals surface area (Å²) in [5, 5.41) is 0. The van der Waals surface area contributed by atoms with Gasteiger partial charge in [-0.25, -0.2) is 0 Å². The van der Waals surface area contributed by atoms with E-state index in [1.54, 1.807) is 12.1 Å². The van der Waals surface area contributed by atoms with Gasteiger partial charge in [0.05, 0.1) is 31.3 Å². The molecule has 0 N–H and O–H groups in total. The lowest BCUT2D eigenvalue weighted by atomic mass is 10.1. The van der Waals surface area contributed by atoms with Crippen molar-refractivity contribution in [1.29, 1.82) is 0 Å². The summed E-state index contributed by atoms with van der Waals surface area (Å²) in [5.74, 6) is 2.69. The zero-order valence-electron chi connectivity index (χ0n) is 23.0. The van der Waals surface area contributed by atoms with Gasteiger partial charge in [-0.05, 0) is 35.7 Å². The SMILES string of the molecule is C#C[C@H](OCc1ccccc1)[C@H](OCc1ccccc1)[C@@H](COS(=O)(=O)c1ccc(C)cc1)OCc1ccccc1. The Bertz CT molecular complexity index is 1470. The highest BCUT2D eigenvalue weighted by Crippen LogP contribution is 2.21. The second-order valence-corrected chi connectivity index (χ2v) is 11.1. The smallest absolute Gasteiger partial charge is 0.297 e. The summed E-state index contributed by atoms with van der Waals surface area (Å²) in [6.45, 7) is 2.22. The molecule has 0 radical (unpaired) electrons. The molecule has 0 saturated heterocycles. The molecule has 0 saturated carbocycles. The molecule has 41 heavy (non-hydrogen) atoms. The van der Waals surface area contributed by atoms with Gasteiger partial charge in [-0.2, -0.15) is 8.42 Å². The summed E-state index contributed by atoms with van der Waals surface area (Å²) in [6, 6.07) is 35.3. The molecule has 0 aliphatic rings. The topological polar surface area (TPSA) is 71.1 Å². The number of rotatable bonds is 15. The van der Waals surface area contributed by atoms with Crippen molar-refractivity contribution in [2.45, 2.75) is 50.0 Å². The highest BCUT2D eigenvalue weighted by molar-refractivity contribution is 7.86. The first-order valence-electron chi connectivity index (χ1n) is 13.3. The molecule has 0 amide bonds. The Hall–Kier alpha value is -3.77. The van der Waals surface area contributed by atoms with E-state index >= 15 is 0 Å². The fourth-order valence-corrected chi connectivity index (χ4v) is 5.02. The van der Waals surface area contributed by atoms with Crippen molar-refractivity contribution in [2.75, 3.05) is 6.61 Å². The minimum atomic E-state index is -4.07. The van der Waals surface area contributed by atoms with Crippen molar-refractivity contribution >= 4 is 10.1 Å². The van der Waals surface area contributed by atoms with Crippen LogP contribution >= 0.6 is 0 Å². The summed E-state index contributed by atoms with van der Waals surface area (Å²) < 4.78 is 50.5. The molecule has 4 rings (SSSR count). The molecule has 6 nitrogen and oxygen atoms in total.